The Hall–Kier alpha value is -1.73. The molecule has 4 aromatic carbocycles. The van der Waals surface area contributed by atoms with Crippen LogP contribution in [-0.2, 0) is 30.7 Å². The summed E-state index contributed by atoms with van der Waals surface area (Å²) in [7, 11) is 0. The van der Waals surface area contributed by atoms with Crippen LogP contribution >= 0.6 is 48.0 Å². The molecule has 0 amide bonds. The van der Waals surface area contributed by atoms with Gasteiger partial charge in [0.05, 0.1) is 0 Å². The second kappa shape index (κ2) is 22.7. The molecule has 5 heteroatoms. The maximum Gasteiger partial charge on any atom is -0.0253 e. The second-order valence-corrected chi connectivity index (χ2v) is 11.3. The summed E-state index contributed by atoms with van der Waals surface area (Å²) >= 11 is 12.3. The average Bonchev–Trinajstić information content (AvgIpc) is 3.62. The Kier molecular flexibility index (Phi) is 21.8. The first-order chi connectivity index (χ1) is 19.8. The molecule has 0 saturated heterocycles. The third-order valence-corrected chi connectivity index (χ3v) is 6.77. The van der Waals surface area contributed by atoms with E-state index in [4.69, 9.17) is 23.2 Å². The van der Waals surface area contributed by atoms with Crippen molar-refractivity contribution in [3.05, 3.63) is 154 Å². The second-order valence-electron chi connectivity index (χ2n) is 10.4. The van der Waals surface area contributed by atoms with Gasteiger partial charge < -0.3 is 0 Å². The van der Waals surface area contributed by atoms with Gasteiger partial charge in [0, 0.05) is 0 Å². The van der Waals surface area contributed by atoms with Crippen LogP contribution < -0.4 is 0 Å². The molecule has 1 atom stereocenters. The van der Waals surface area contributed by atoms with Crippen molar-refractivity contribution in [2.24, 2.45) is 11.3 Å². The van der Waals surface area contributed by atoms with Gasteiger partial charge in [-0.3, -0.25) is 6.08 Å². The zero-order chi connectivity index (χ0) is 30.1. The van der Waals surface area contributed by atoms with Gasteiger partial charge in [0.2, 0.25) is 0 Å². The SMILES string of the molecule is CCCC1[C-]=CC(C(C)(C)C)=C1.Cl.Cl.Clc1cc[c-]cc1.Clc1cc[c-]cc1.[CH2]=[Zr].[c-]1cccc2c1Cc1ccccc1-2. The van der Waals surface area contributed by atoms with Crippen LogP contribution in [0.25, 0.3) is 11.1 Å². The summed E-state index contributed by atoms with van der Waals surface area (Å²) in [5.41, 5.74) is 7.26. The van der Waals surface area contributed by atoms with Crippen LogP contribution in [0.5, 0.6) is 0 Å². The maximum absolute atomic E-state index is 5.52. The van der Waals surface area contributed by atoms with E-state index in [1.54, 1.807) is 48.5 Å². The van der Waals surface area contributed by atoms with Crippen molar-refractivity contribution in [1.29, 1.82) is 0 Å². The van der Waals surface area contributed by atoms with Gasteiger partial charge in [-0.1, -0.05) is 97.3 Å². The number of hydrogen-bond acceptors (Lipinski definition) is 0. The molecule has 228 valence electrons. The molecule has 6 rings (SSSR count). The van der Waals surface area contributed by atoms with Gasteiger partial charge in [0.15, 0.2) is 0 Å². The summed E-state index contributed by atoms with van der Waals surface area (Å²) in [6, 6.07) is 38.1. The molecule has 1 unspecified atom stereocenters. The fourth-order valence-corrected chi connectivity index (χ4v) is 4.44. The minimum atomic E-state index is 0. The Morgan fingerprint density at radius 3 is 1.79 bits per heavy atom. The van der Waals surface area contributed by atoms with E-state index in [1.807, 2.05) is 6.07 Å². The minimum Gasteiger partial charge on any atom is -0.179 e. The van der Waals surface area contributed by atoms with Crippen LogP contribution in [0.2, 0.25) is 10.0 Å². The van der Waals surface area contributed by atoms with E-state index in [2.05, 4.69) is 105 Å². The van der Waals surface area contributed by atoms with Crippen LogP contribution in [0.4, 0.5) is 0 Å². The van der Waals surface area contributed by atoms with E-state index in [1.165, 1.54) is 64.9 Å². The molecule has 0 radical (unpaired) electrons. The molecule has 0 nitrogen and oxygen atoms in total. The third kappa shape index (κ3) is 15.2. The van der Waals surface area contributed by atoms with Crippen molar-refractivity contribution in [3.8, 4) is 11.1 Å². The van der Waals surface area contributed by atoms with Crippen molar-refractivity contribution in [1.82, 2.24) is 0 Å². The third-order valence-electron chi connectivity index (χ3n) is 6.27. The predicted molar refractivity (Wildman–Crippen MR) is 189 cm³/mol. The Bertz CT molecular complexity index is 1280. The fraction of sp³-hybridized carbons (Fsp3) is 0.237. The minimum absolute atomic E-state index is 0. The average molecular weight is 730 g/mol. The molecule has 0 aliphatic heterocycles. The van der Waals surface area contributed by atoms with Crippen LogP contribution in [0.15, 0.2) is 109 Å². The van der Waals surface area contributed by atoms with Crippen molar-refractivity contribution < 1.29 is 24.2 Å². The van der Waals surface area contributed by atoms with Crippen LogP contribution in [0, 0.1) is 35.6 Å². The van der Waals surface area contributed by atoms with E-state index in [0.717, 1.165) is 16.5 Å². The molecule has 2 aliphatic rings. The van der Waals surface area contributed by atoms with E-state index in [9.17, 15) is 0 Å². The molecule has 0 saturated carbocycles. The first-order valence-corrected chi connectivity index (χ1v) is 16.3. The molecule has 2 aliphatic carbocycles. The normalized spacial score (nSPS) is 13.0. The van der Waals surface area contributed by atoms with Crippen molar-refractivity contribution in [2.45, 2.75) is 47.0 Å². The molecule has 0 fully saturated rings. The number of hydrogen-bond donors (Lipinski definition) is 0. The van der Waals surface area contributed by atoms with Gasteiger partial charge in [0.1, 0.15) is 0 Å². The van der Waals surface area contributed by atoms with E-state index < -0.39 is 0 Å². The van der Waals surface area contributed by atoms with Gasteiger partial charge in [0.25, 0.3) is 0 Å². The van der Waals surface area contributed by atoms with Gasteiger partial charge in [-0.15, -0.1) is 53.6 Å². The van der Waals surface area contributed by atoms with Gasteiger partial charge in [-0.2, -0.15) is 102 Å². The zero-order valence-corrected chi connectivity index (χ0v) is 30.9. The van der Waals surface area contributed by atoms with E-state index >= 15 is 0 Å². The summed E-state index contributed by atoms with van der Waals surface area (Å²) in [6.07, 6.45) is 11.5. The first kappa shape index (κ1) is 41.3. The number of rotatable bonds is 2. The summed E-state index contributed by atoms with van der Waals surface area (Å²) in [5, 5.41) is 1.53. The number of halogens is 4. The molecule has 4 aromatic rings. The predicted octanol–water partition coefficient (Wildman–Crippen LogP) is 11.9. The summed E-state index contributed by atoms with van der Waals surface area (Å²) in [5.74, 6) is 0.587. The van der Waals surface area contributed by atoms with Gasteiger partial charge in [-0.25, -0.2) is 6.08 Å². The quantitative estimate of drug-likeness (QED) is 0.159. The smallest absolute Gasteiger partial charge is 0.0253 e. The number of allylic oxidation sites excluding steroid dienone is 4. The molecule has 43 heavy (non-hydrogen) atoms. The Labute approximate surface area is 297 Å². The maximum atomic E-state index is 5.52. The Morgan fingerprint density at radius 2 is 1.33 bits per heavy atom. The molecular formula is C38H40Cl4Zr-4. The summed E-state index contributed by atoms with van der Waals surface area (Å²) in [4.78, 5) is 0. The van der Waals surface area contributed by atoms with Gasteiger partial charge >= 0.3 is 28.4 Å². The van der Waals surface area contributed by atoms with Crippen molar-refractivity contribution in [2.75, 3.05) is 0 Å². The van der Waals surface area contributed by atoms with E-state index in [-0.39, 0.29) is 24.8 Å². The van der Waals surface area contributed by atoms with Crippen molar-refractivity contribution >= 4 is 52.2 Å². The van der Waals surface area contributed by atoms with Crippen molar-refractivity contribution in [3.63, 3.8) is 0 Å². The Morgan fingerprint density at radius 1 is 0.791 bits per heavy atom. The molecular weight excluding hydrogens is 689 g/mol. The molecule has 0 bridgehead atoms. The monoisotopic (exact) mass is 726 g/mol. The number of fused-ring (bicyclic) bond motifs is 3. The van der Waals surface area contributed by atoms with Gasteiger partial charge in [-0.05, 0) is 6.42 Å². The molecule has 0 heterocycles. The Balaban J connectivity index is 0.000000546. The molecule has 0 aromatic heterocycles. The largest absolute Gasteiger partial charge is 0.179 e. The topological polar surface area (TPSA) is 0 Å². The standard InChI is InChI=1S/C13H9.C12H19.2C6H4Cl.CH2.2ClH.Zr/c1-3-7-12-10(5-1)9-11-6-2-4-8-13(11)12;1-5-6-10-7-8-11(9-10)12(2,3)4;2*7-6-4-2-1-3-5-6;;;;/h1-5,7-8H,9H2;8-10H,5-6H2,1-4H3;2*2-5H;1H2;2*1H;/q4*-1;;;;. The molecule has 0 spiro atoms. The van der Waals surface area contributed by atoms with Crippen LogP contribution in [0.3, 0.4) is 0 Å². The van der Waals surface area contributed by atoms with E-state index in [0.29, 0.717) is 11.3 Å². The molecule has 0 N–H and O–H groups in total. The summed E-state index contributed by atoms with van der Waals surface area (Å²) < 4.78 is 3.34. The first-order valence-electron chi connectivity index (χ1n) is 13.8. The fourth-order valence-electron chi connectivity index (χ4n) is 4.18. The summed E-state index contributed by atoms with van der Waals surface area (Å²) in [6.45, 7) is 8.99. The van der Waals surface area contributed by atoms with Crippen LogP contribution in [-0.4, -0.2) is 4.21 Å². The van der Waals surface area contributed by atoms with Crippen LogP contribution in [0.1, 0.15) is 51.7 Å². The zero-order valence-electron chi connectivity index (χ0n) is 25.3. The number of benzene rings is 4.